The number of nitro groups is 1. The van der Waals surface area contributed by atoms with Crippen LogP contribution in [0.3, 0.4) is 0 Å². The molecule has 3 rings (SSSR count). The highest BCUT2D eigenvalue weighted by atomic mass is 32.2. The second-order valence-electron chi connectivity index (χ2n) is 6.84. The van der Waals surface area contributed by atoms with Gasteiger partial charge in [-0.1, -0.05) is 29.8 Å². The van der Waals surface area contributed by atoms with Crippen molar-refractivity contribution in [2.24, 2.45) is 0 Å². The van der Waals surface area contributed by atoms with Gasteiger partial charge in [0.2, 0.25) is 0 Å². The highest BCUT2D eigenvalue weighted by Crippen LogP contribution is 2.34. The first-order chi connectivity index (χ1) is 14.2. The number of rotatable bonds is 7. The molecule has 3 aromatic rings. The molecule has 0 aliphatic heterocycles. The summed E-state index contributed by atoms with van der Waals surface area (Å²) in [6, 6.07) is 18.7. The Hall–Kier alpha value is -3.39. The Morgan fingerprint density at radius 3 is 2.17 bits per heavy atom. The molecule has 0 heterocycles. The molecule has 30 heavy (non-hydrogen) atoms. The lowest BCUT2D eigenvalue weighted by molar-refractivity contribution is -0.384. The zero-order valence-corrected chi connectivity index (χ0v) is 17.7. The first-order valence-electron chi connectivity index (χ1n) is 9.23. The molecule has 0 unspecified atom stereocenters. The number of hydrogen-bond donors (Lipinski definition) is 0. The number of aryl methyl sites for hydroxylation is 1. The van der Waals surface area contributed by atoms with Gasteiger partial charge in [0.15, 0.2) is 0 Å². The Labute approximate surface area is 175 Å². The lowest BCUT2D eigenvalue weighted by Gasteiger charge is -2.31. The van der Waals surface area contributed by atoms with Gasteiger partial charge < -0.3 is 4.74 Å². The lowest BCUT2D eigenvalue weighted by atomic mass is 10.1. The van der Waals surface area contributed by atoms with Crippen molar-refractivity contribution in [3.05, 3.63) is 94.0 Å². The standard InChI is InChI=1S/C22H22N2O5S/c1-16-5-4-6-18(15-16)17(2)23(19-7-11-21(29-3)12-8-19)30(27,28)22-13-9-20(10-14-22)24(25)26/h4-15,17H,1-3H3/t17-/m0/s1. The van der Waals surface area contributed by atoms with Crippen LogP contribution in [-0.4, -0.2) is 20.5 Å². The summed E-state index contributed by atoms with van der Waals surface area (Å²) >= 11 is 0. The molecule has 0 saturated carbocycles. The van der Waals surface area contributed by atoms with Crippen LogP contribution in [0, 0.1) is 17.0 Å². The largest absolute Gasteiger partial charge is 0.497 e. The van der Waals surface area contributed by atoms with Crippen molar-refractivity contribution in [2.45, 2.75) is 24.8 Å². The van der Waals surface area contributed by atoms with Crippen molar-refractivity contribution >= 4 is 21.4 Å². The van der Waals surface area contributed by atoms with Gasteiger partial charge in [-0.2, -0.15) is 0 Å². The summed E-state index contributed by atoms with van der Waals surface area (Å²) in [6.45, 7) is 3.75. The SMILES string of the molecule is COc1ccc(N([C@@H](C)c2cccc(C)c2)S(=O)(=O)c2ccc([N+](=O)[O-])cc2)cc1. The number of nitrogens with zero attached hydrogens (tertiary/aromatic N) is 2. The van der Waals surface area contributed by atoms with Crippen LogP contribution in [0.5, 0.6) is 5.75 Å². The number of nitro benzene ring substituents is 1. The van der Waals surface area contributed by atoms with Crippen LogP contribution >= 0.6 is 0 Å². The zero-order valence-electron chi connectivity index (χ0n) is 16.8. The summed E-state index contributed by atoms with van der Waals surface area (Å²) in [5, 5.41) is 10.9. The van der Waals surface area contributed by atoms with Crippen LogP contribution in [0.4, 0.5) is 11.4 Å². The molecule has 8 heteroatoms. The molecule has 0 amide bonds. The molecule has 0 aliphatic rings. The fraction of sp³-hybridized carbons (Fsp3) is 0.182. The molecule has 3 aromatic carbocycles. The molecule has 0 aliphatic carbocycles. The molecule has 0 fully saturated rings. The Balaban J connectivity index is 2.12. The van der Waals surface area contributed by atoms with Crippen LogP contribution in [0.25, 0.3) is 0 Å². The second-order valence-corrected chi connectivity index (χ2v) is 8.65. The quantitative estimate of drug-likeness (QED) is 0.397. The van der Waals surface area contributed by atoms with Gasteiger partial charge in [-0.3, -0.25) is 14.4 Å². The predicted molar refractivity (Wildman–Crippen MR) is 115 cm³/mol. The van der Waals surface area contributed by atoms with E-state index in [0.29, 0.717) is 11.4 Å². The van der Waals surface area contributed by atoms with Crippen molar-refractivity contribution in [3.63, 3.8) is 0 Å². The normalized spacial score (nSPS) is 12.2. The van der Waals surface area contributed by atoms with Gasteiger partial charge in [-0.05, 0) is 55.8 Å². The summed E-state index contributed by atoms with van der Waals surface area (Å²) in [5.74, 6) is 0.606. The third-order valence-corrected chi connectivity index (χ3v) is 6.72. The van der Waals surface area contributed by atoms with Crippen LogP contribution in [-0.2, 0) is 10.0 Å². The van der Waals surface area contributed by atoms with Crippen molar-refractivity contribution < 1.29 is 18.1 Å². The minimum atomic E-state index is -4.01. The molecule has 0 N–H and O–H groups in total. The minimum absolute atomic E-state index is 0.0246. The molecular formula is C22H22N2O5S. The summed E-state index contributed by atoms with van der Waals surface area (Å²) in [4.78, 5) is 10.3. The van der Waals surface area contributed by atoms with E-state index in [4.69, 9.17) is 4.74 Å². The van der Waals surface area contributed by atoms with Gasteiger partial charge in [0.05, 0.1) is 28.7 Å². The van der Waals surface area contributed by atoms with E-state index in [1.807, 2.05) is 38.1 Å². The van der Waals surface area contributed by atoms with Crippen molar-refractivity contribution in [1.82, 2.24) is 0 Å². The van der Waals surface area contributed by atoms with Gasteiger partial charge in [-0.15, -0.1) is 0 Å². The van der Waals surface area contributed by atoms with Crippen LogP contribution in [0.1, 0.15) is 24.1 Å². The van der Waals surface area contributed by atoms with Crippen molar-refractivity contribution in [3.8, 4) is 5.75 Å². The smallest absolute Gasteiger partial charge is 0.269 e. The average Bonchev–Trinajstić information content (AvgIpc) is 2.74. The topological polar surface area (TPSA) is 89.8 Å². The first-order valence-corrected chi connectivity index (χ1v) is 10.7. The fourth-order valence-electron chi connectivity index (χ4n) is 3.22. The third-order valence-electron chi connectivity index (χ3n) is 4.81. The third kappa shape index (κ3) is 4.28. The maximum absolute atomic E-state index is 13.6. The van der Waals surface area contributed by atoms with E-state index in [1.54, 1.807) is 24.3 Å². The Kier molecular flexibility index (Phi) is 6.07. The van der Waals surface area contributed by atoms with E-state index in [0.717, 1.165) is 11.1 Å². The molecule has 1 atom stereocenters. The zero-order chi connectivity index (χ0) is 21.9. The fourth-order valence-corrected chi connectivity index (χ4v) is 4.86. The Bertz CT molecular complexity index is 1140. The second kappa shape index (κ2) is 8.54. The van der Waals surface area contributed by atoms with Crippen molar-refractivity contribution in [2.75, 3.05) is 11.4 Å². The van der Waals surface area contributed by atoms with Crippen LogP contribution in [0.2, 0.25) is 0 Å². The van der Waals surface area contributed by atoms with E-state index >= 15 is 0 Å². The van der Waals surface area contributed by atoms with Gasteiger partial charge in [0.25, 0.3) is 15.7 Å². The van der Waals surface area contributed by atoms with Crippen LogP contribution < -0.4 is 9.04 Å². The van der Waals surface area contributed by atoms with E-state index < -0.39 is 21.0 Å². The Morgan fingerprint density at radius 1 is 1.00 bits per heavy atom. The molecular weight excluding hydrogens is 404 g/mol. The number of ether oxygens (including phenoxy) is 1. The summed E-state index contributed by atoms with van der Waals surface area (Å²) in [7, 11) is -2.47. The molecule has 156 valence electrons. The lowest BCUT2D eigenvalue weighted by Crippen LogP contribution is -2.33. The first kappa shape index (κ1) is 21.3. The maximum Gasteiger partial charge on any atom is 0.269 e. The number of anilines is 1. The molecule has 7 nitrogen and oxygen atoms in total. The van der Waals surface area contributed by atoms with Gasteiger partial charge in [-0.25, -0.2) is 8.42 Å². The molecule has 0 radical (unpaired) electrons. The number of non-ortho nitro benzene ring substituents is 1. The molecule has 0 bridgehead atoms. The minimum Gasteiger partial charge on any atom is -0.497 e. The summed E-state index contributed by atoms with van der Waals surface area (Å²) in [5.41, 5.74) is 2.14. The number of benzene rings is 3. The van der Waals surface area contributed by atoms with Gasteiger partial charge in [0.1, 0.15) is 5.75 Å². The Morgan fingerprint density at radius 2 is 1.63 bits per heavy atom. The average molecular weight is 426 g/mol. The number of methoxy groups -OCH3 is 1. The van der Waals surface area contributed by atoms with Gasteiger partial charge in [0, 0.05) is 12.1 Å². The maximum atomic E-state index is 13.6. The van der Waals surface area contributed by atoms with Crippen molar-refractivity contribution in [1.29, 1.82) is 0 Å². The number of sulfonamides is 1. The van der Waals surface area contributed by atoms with E-state index in [9.17, 15) is 18.5 Å². The van der Waals surface area contributed by atoms with Crippen LogP contribution in [0.15, 0.2) is 77.7 Å². The molecule has 0 spiro atoms. The van der Waals surface area contributed by atoms with E-state index in [-0.39, 0.29) is 10.6 Å². The van der Waals surface area contributed by atoms with E-state index in [2.05, 4.69) is 0 Å². The van der Waals surface area contributed by atoms with E-state index in [1.165, 1.54) is 35.7 Å². The predicted octanol–water partition coefficient (Wildman–Crippen LogP) is 4.87. The summed E-state index contributed by atoms with van der Waals surface area (Å²) in [6.07, 6.45) is 0. The highest BCUT2D eigenvalue weighted by Gasteiger charge is 2.31. The monoisotopic (exact) mass is 426 g/mol. The van der Waals surface area contributed by atoms with Gasteiger partial charge >= 0.3 is 0 Å². The molecule has 0 saturated heterocycles. The highest BCUT2D eigenvalue weighted by molar-refractivity contribution is 7.92. The molecule has 0 aromatic heterocycles. The summed E-state index contributed by atoms with van der Waals surface area (Å²) < 4.78 is 33.7. The number of hydrogen-bond acceptors (Lipinski definition) is 5.